The maximum atomic E-state index is 5.89. The van der Waals surface area contributed by atoms with E-state index in [2.05, 4.69) is 35.1 Å². The zero-order valence-corrected chi connectivity index (χ0v) is 11.3. The van der Waals surface area contributed by atoms with Crippen LogP contribution in [-0.2, 0) is 4.74 Å². The van der Waals surface area contributed by atoms with Crippen molar-refractivity contribution in [2.45, 2.75) is 38.3 Å². The first-order chi connectivity index (χ1) is 7.67. The maximum absolute atomic E-state index is 5.89. The third kappa shape index (κ3) is 2.19. The minimum absolute atomic E-state index is 0.115. The third-order valence-corrected chi connectivity index (χ3v) is 3.83. The van der Waals surface area contributed by atoms with Gasteiger partial charge in [-0.15, -0.1) is 0 Å². The van der Waals surface area contributed by atoms with Crippen LogP contribution >= 0.6 is 15.9 Å². The van der Waals surface area contributed by atoms with Gasteiger partial charge < -0.3 is 14.5 Å². The lowest BCUT2D eigenvalue weighted by Gasteiger charge is -2.32. The number of rotatable bonds is 4. The average molecular weight is 288 g/mol. The fourth-order valence-corrected chi connectivity index (χ4v) is 2.76. The van der Waals surface area contributed by atoms with Gasteiger partial charge in [-0.05, 0) is 48.3 Å². The molecule has 1 N–H and O–H groups in total. The second-order valence-corrected chi connectivity index (χ2v) is 5.24. The first-order valence-corrected chi connectivity index (χ1v) is 6.57. The van der Waals surface area contributed by atoms with Crippen LogP contribution in [0.25, 0.3) is 0 Å². The van der Waals surface area contributed by atoms with Crippen LogP contribution in [0, 0.1) is 0 Å². The highest BCUT2D eigenvalue weighted by atomic mass is 79.9. The van der Waals surface area contributed by atoms with Gasteiger partial charge in [-0.25, -0.2) is 0 Å². The van der Waals surface area contributed by atoms with Gasteiger partial charge in [0.15, 0.2) is 0 Å². The lowest BCUT2D eigenvalue weighted by atomic mass is 9.91. The molecule has 1 aromatic rings. The number of hydrogen-bond donors (Lipinski definition) is 1. The number of furan rings is 1. The highest BCUT2D eigenvalue weighted by Crippen LogP contribution is 2.40. The van der Waals surface area contributed by atoms with Crippen LogP contribution in [0.3, 0.4) is 0 Å². The molecule has 2 heterocycles. The van der Waals surface area contributed by atoms with Crippen molar-refractivity contribution in [1.29, 1.82) is 0 Å². The van der Waals surface area contributed by atoms with E-state index in [0.29, 0.717) is 0 Å². The normalized spacial score (nSPS) is 27.2. The molecule has 2 unspecified atom stereocenters. The average Bonchev–Trinajstić information content (AvgIpc) is 2.85. The van der Waals surface area contributed by atoms with Gasteiger partial charge in [-0.3, -0.25) is 0 Å². The van der Waals surface area contributed by atoms with Gasteiger partial charge in [0.2, 0.25) is 0 Å². The van der Waals surface area contributed by atoms with E-state index in [1.54, 1.807) is 6.26 Å². The Bertz CT molecular complexity index is 345. The van der Waals surface area contributed by atoms with E-state index >= 15 is 0 Å². The molecule has 1 aliphatic rings. The monoisotopic (exact) mass is 287 g/mol. The molecule has 0 radical (unpaired) electrons. The Kier molecular flexibility index (Phi) is 3.72. The standard InChI is InChI=1S/C12H18BrNO2/c1-3-14-11(10-9(13)5-8-15-10)12(2)6-4-7-16-12/h5,8,11,14H,3-4,6-7H2,1-2H3. The Hall–Kier alpha value is -0.320. The minimum atomic E-state index is -0.156. The summed E-state index contributed by atoms with van der Waals surface area (Å²) >= 11 is 3.52. The number of halogens is 1. The molecule has 1 aromatic heterocycles. The summed E-state index contributed by atoms with van der Waals surface area (Å²) in [5, 5.41) is 3.46. The van der Waals surface area contributed by atoms with Crippen molar-refractivity contribution in [2.24, 2.45) is 0 Å². The number of nitrogens with one attached hydrogen (secondary N) is 1. The highest BCUT2D eigenvalue weighted by molar-refractivity contribution is 9.10. The van der Waals surface area contributed by atoms with Crippen LogP contribution in [0.2, 0.25) is 0 Å². The molecule has 2 rings (SSSR count). The molecule has 16 heavy (non-hydrogen) atoms. The molecule has 1 saturated heterocycles. The van der Waals surface area contributed by atoms with Crippen molar-refractivity contribution >= 4 is 15.9 Å². The van der Waals surface area contributed by atoms with Gasteiger partial charge >= 0.3 is 0 Å². The Morgan fingerprint density at radius 3 is 2.94 bits per heavy atom. The molecule has 0 amide bonds. The predicted octanol–water partition coefficient (Wildman–Crippen LogP) is 3.26. The number of likely N-dealkylation sites (N-methyl/N-ethyl adjacent to an activating group) is 1. The van der Waals surface area contributed by atoms with Gasteiger partial charge in [0, 0.05) is 6.61 Å². The summed E-state index contributed by atoms with van der Waals surface area (Å²) in [6.45, 7) is 6.00. The Morgan fingerprint density at radius 1 is 1.62 bits per heavy atom. The van der Waals surface area contributed by atoms with Gasteiger partial charge in [0.05, 0.1) is 22.4 Å². The Morgan fingerprint density at radius 2 is 2.44 bits per heavy atom. The summed E-state index contributed by atoms with van der Waals surface area (Å²) in [5.41, 5.74) is -0.156. The van der Waals surface area contributed by atoms with E-state index in [-0.39, 0.29) is 11.6 Å². The largest absolute Gasteiger partial charge is 0.466 e. The third-order valence-electron chi connectivity index (χ3n) is 3.18. The molecular formula is C12H18BrNO2. The van der Waals surface area contributed by atoms with Gasteiger partial charge in [-0.2, -0.15) is 0 Å². The van der Waals surface area contributed by atoms with Crippen molar-refractivity contribution in [2.75, 3.05) is 13.2 Å². The molecule has 90 valence electrons. The summed E-state index contributed by atoms with van der Waals surface area (Å²) in [6, 6.07) is 2.04. The van der Waals surface area contributed by atoms with Crippen molar-refractivity contribution in [1.82, 2.24) is 5.32 Å². The Balaban J connectivity index is 2.26. The van der Waals surface area contributed by atoms with Gasteiger partial charge in [0.25, 0.3) is 0 Å². The molecule has 3 nitrogen and oxygen atoms in total. The molecule has 0 bridgehead atoms. The SMILES string of the molecule is CCNC(c1occc1Br)C1(C)CCCO1. The quantitative estimate of drug-likeness (QED) is 0.923. The lowest BCUT2D eigenvalue weighted by molar-refractivity contribution is -0.0179. The summed E-state index contributed by atoms with van der Waals surface area (Å²) in [7, 11) is 0. The van der Waals surface area contributed by atoms with Crippen LogP contribution in [0.5, 0.6) is 0 Å². The number of ether oxygens (including phenoxy) is 1. The molecule has 0 aliphatic carbocycles. The van der Waals surface area contributed by atoms with Crippen LogP contribution in [0.1, 0.15) is 38.5 Å². The first-order valence-electron chi connectivity index (χ1n) is 5.77. The van der Waals surface area contributed by atoms with E-state index in [4.69, 9.17) is 9.15 Å². The molecule has 0 spiro atoms. The van der Waals surface area contributed by atoms with Gasteiger partial charge in [-0.1, -0.05) is 6.92 Å². The number of hydrogen-bond acceptors (Lipinski definition) is 3. The smallest absolute Gasteiger partial charge is 0.137 e. The minimum Gasteiger partial charge on any atom is -0.466 e. The molecular weight excluding hydrogens is 270 g/mol. The van der Waals surface area contributed by atoms with Crippen LogP contribution in [0.4, 0.5) is 0 Å². The van der Waals surface area contributed by atoms with Crippen molar-refractivity contribution < 1.29 is 9.15 Å². The van der Waals surface area contributed by atoms with E-state index in [1.165, 1.54) is 0 Å². The van der Waals surface area contributed by atoms with Crippen molar-refractivity contribution in [3.8, 4) is 0 Å². The molecule has 1 aliphatic heterocycles. The first kappa shape index (κ1) is 12.1. The summed E-state index contributed by atoms with van der Waals surface area (Å²) in [4.78, 5) is 0. The Labute approximate surface area is 105 Å². The second kappa shape index (κ2) is 4.90. The van der Waals surface area contributed by atoms with Crippen molar-refractivity contribution in [3.63, 3.8) is 0 Å². The zero-order valence-electron chi connectivity index (χ0n) is 9.75. The van der Waals surface area contributed by atoms with Crippen molar-refractivity contribution in [3.05, 3.63) is 22.6 Å². The summed E-state index contributed by atoms with van der Waals surface area (Å²) in [5.74, 6) is 0.936. The van der Waals surface area contributed by atoms with E-state index in [0.717, 1.165) is 36.2 Å². The topological polar surface area (TPSA) is 34.4 Å². The van der Waals surface area contributed by atoms with Crippen LogP contribution in [0.15, 0.2) is 21.2 Å². The van der Waals surface area contributed by atoms with Crippen LogP contribution < -0.4 is 5.32 Å². The van der Waals surface area contributed by atoms with E-state index < -0.39 is 0 Å². The van der Waals surface area contributed by atoms with E-state index in [9.17, 15) is 0 Å². The molecule has 1 fully saturated rings. The van der Waals surface area contributed by atoms with E-state index in [1.807, 2.05) is 6.07 Å². The fraction of sp³-hybridized carbons (Fsp3) is 0.667. The zero-order chi connectivity index (χ0) is 11.6. The van der Waals surface area contributed by atoms with Crippen LogP contribution in [-0.4, -0.2) is 18.8 Å². The second-order valence-electron chi connectivity index (χ2n) is 4.39. The molecule has 0 aromatic carbocycles. The molecule has 2 atom stereocenters. The maximum Gasteiger partial charge on any atom is 0.137 e. The molecule has 4 heteroatoms. The van der Waals surface area contributed by atoms with Gasteiger partial charge in [0.1, 0.15) is 5.76 Å². The summed E-state index contributed by atoms with van der Waals surface area (Å²) < 4.78 is 12.5. The lowest BCUT2D eigenvalue weighted by Crippen LogP contribution is -2.41. The molecule has 0 saturated carbocycles. The highest BCUT2D eigenvalue weighted by Gasteiger charge is 2.41. The predicted molar refractivity (Wildman–Crippen MR) is 66.4 cm³/mol. The fourth-order valence-electron chi connectivity index (χ4n) is 2.33. The summed E-state index contributed by atoms with van der Waals surface area (Å²) in [6.07, 6.45) is 3.90.